The van der Waals surface area contributed by atoms with E-state index in [9.17, 15) is 14.0 Å². The highest BCUT2D eigenvalue weighted by Gasteiger charge is 2.25. The highest BCUT2D eigenvalue weighted by Crippen LogP contribution is 2.14. The van der Waals surface area contributed by atoms with E-state index in [4.69, 9.17) is 0 Å². The zero-order valence-electron chi connectivity index (χ0n) is 11.9. The fraction of sp³-hybridized carbons (Fsp3) is 0.231. The van der Waals surface area contributed by atoms with E-state index in [2.05, 4.69) is 31.0 Å². The predicted octanol–water partition coefficient (Wildman–Crippen LogP) is 0.456. The Morgan fingerprint density at radius 2 is 2.09 bits per heavy atom. The third-order valence-electron chi connectivity index (χ3n) is 3.18. The number of carbonyl (C=O) groups is 2. The molecule has 0 unspecified atom stereocenters. The number of hydrogen-bond acceptors (Lipinski definition) is 6. The van der Waals surface area contributed by atoms with Gasteiger partial charge in [0.2, 0.25) is 5.91 Å². The molecule has 10 heteroatoms. The molecule has 0 bridgehead atoms. The first kappa shape index (κ1) is 14.8. The van der Waals surface area contributed by atoms with Crippen LogP contribution in [-0.2, 0) is 16.1 Å². The van der Waals surface area contributed by atoms with Crippen molar-refractivity contribution in [3.63, 3.8) is 0 Å². The van der Waals surface area contributed by atoms with Crippen molar-refractivity contribution in [3.8, 4) is 0 Å². The van der Waals surface area contributed by atoms with Crippen LogP contribution in [0.25, 0.3) is 0 Å². The molecule has 1 aromatic heterocycles. The van der Waals surface area contributed by atoms with Gasteiger partial charge in [-0.1, -0.05) is 17.2 Å². The fourth-order valence-electron chi connectivity index (χ4n) is 2.04. The van der Waals surface area contributed by atoms with Gasteiger partial charge in [0.05, 0.1) is 6.54 Å². The summed E-state index contributed by atoms with van der Waals surface area (Å²) in [5.74, 6) is -1.03. The van der Waals surface area contributed by atoms with Gasteiger partial charge in [-0.3, -0.25) is 14.9 Å². The Kier molecular flexibility index (Phi) is 4.04. The molecule has 0 spiro atoms. The minimum atomic E-state index is -0.497. The smallest absolute Gasteiger partial charge is 0.274 e. The Labute approximate surface area is 129 Å². The van der Waals surface area contributed by atoms with E-state index in [0.717, 1.165) is 0 Å². The molecular weight excluding hydrogens is 305 g/mol. The van der Waals surface area contributed by atoms with Crippen LogP contribution in [0, 0.1) is 5.82 Å². The zero-order chi connectivity index (χ0) is 16.2. The summed E-state index contributed by atoms with van der Waals surface area (Å²) < 4.78 is 12.9. The summed E-state index contributed by atoms with van der Waals surface area (Å²) in [6.07, 6.45) is 0.391. The molecule has 0 radical (unpaired) electrons. The number of hydrazone groups is 1. The number of H-pyrrole nitrogens is 1. The molecule has 2 N–H and O–H groups in total. The van der Waals surface area contributed by atoms with Gasteiger partial charge in [-0.05, 0) is 22.9 Å². The molecule has 1 aliphatic heterocycles. The quantitative estimate of drug-likeness (QED) is 0.849. The second kappa shape index (κ2) is 6.30. The van der Waals surface area contributed by atoms with Gasteiger partial charge in [0.25, 0.3) is 11.9 Å². The molecule has 9 nitrogen and oxygen atoms in total. The number of nitrogens with zero attached hydrogens (tertiary/aromatic N) is 5. The van der Waals surface area contributed by atoms with Crippen LogP contribution >= 0.6 is 0 Å². The highest BCUT2D eigenvalue weighted by atomic mass is 19.1. The molecule has 0 atom stereocenters. The molecular formula is C13H12FN7O2. The van der Waals surface area contributed by atoms with E-state index >= 15 is 0 Å². The van der Waals surface area contributed by atoms with Crippen LogP contribution in [0.4, 0.5) is 10.3 Å². The van der Waals surface area contributed by atoms with Crippen LogP contribution in [0.5, 0.6) is 0 Å². The highest BCUT2D eigenvalue weighted by molar-refractivity contribution is 6.43. The topological polar surface area (TPSA) is 116 Å². The second-order valence-corrected chi connectivity index (χ2v) is 4.81. The van der Waals surface area contributed by atoms with Crippen molar-refractivity contribution in [1.29, 1.82) is 0 Å². The molecule has 2 amide bonds. The van der Waals surface area contributed by atoms with Gasteiger partial charge in [-0.25, -0.2) is 9.40 Å². The Morgan fingerprint density at radius 1 is 1.30 bits per heavy atom. The summed E-state index contributed by atoms with van der Waals surface area (Å²) in [5.41, 5.74) is 0.903. The minimum absolute atomic E-state index is 0.0275. The maximum Gasteiger partial charge on any atom is 0.274 e. The molecule has 118 valence electrons. The van der Waals surface area contributed by atoms with Crippen molar-refractivity contribution in [2.75, 3.05) is 5.32 Å². The first-order valence-corrected chi connectivity index (χ1v) is 6.79. The lowest BCUT2D eigenvalue weighted by molar-refractivity contribution is -0.132. The largest absolute Gasteiger partial charge is 0.287 e. The zero-order valence-corrected chi connectivity index (χ0v) is 11.9. The predicted molar refractivity (Wildman–Crippen MR) is 76.4 cm³/mol. The van der Waals surface area contributed by atoms with Gasteiger partial charge < -0.3 is 0 Å². The van der Waals surface area contributed by atoms with Crippen molar-refractivity contribution in [2.24, 2.45) is 5.10 Å². The van der Waals surface area contributed by atoms with Crippen molar-refractivity contribution in [2.45, 2.75) is 19.4 Å². The van der Waals surface area contributed by atoms with E-state index < -0.39 is 5.91 Å². The summed E-state index contributed by atoms with van der Waals surface area (Å²) in [7, 11) is 0. The second-order valence-electron chi connectivity index (χ2n) is 4.81. The lowest BCUT2D eigenvalue weighted by Gasteiger charge is -2.23. The van der Waals surface area contributed by atoms with Crippen LogP contribution in [0.3, 0.4) is 0 Å². The molecule has 3 rings (SSSR count). The fourth-order valence-corrected chi connectivity index (χ4v) is 2.04. The number of benzene rings is 1. The Balaban J connectivity index is 1.72. The van der Waals surface area contributed by atoms with Gasteiger partial charge >= 0.3 is 0 Å². The van der Waals surface area contributed by atoms with Crippen LogP contribution in [0.2, 0.25) is 0 Å². The maximum atomic E-state index is 12.9. The Bertz CT molecular complexity index is 742. The Morgan fingerprint density at radius 3 is 2.78 bits per heavy atom. The third-order valence-corrected chi connectivity index (χ3v) is 3.18. The van der Waals surface area contributed by atoms with Crippen LogP contribution in [-0.4, -0.2) is 43.2 Å². The van der Waals surface area contributed by atoms with E-state index in [-0.39, 0.29) is 42.8 Å². The van der Waals surface area contributed by atoms with E-state index in [0.29, 0.717) is 5.56 Å². The molecule has 2 heterocycles. The van der Waals surface area contributed by atoms with Gasteiger partial charge in [0.15, 0.2) is 0 Å². The number of nitrogens with one attached hydrogen (secondary N) is 2. The number of aromatic amines is 1. The van der Waals surface area contributed by atoms with Gasteiger partial charge in [0.1, 0.15) is 11.5 Å². The number of aromatic nitrogens is 4. The summed E-state index contributed by atoms with van der Waals surface area (Å²) in [6, 6.07) is 5.73. The van der Waals surface area contributed by atoms with E-state index in [1.165, 1.54) is 17.1 Å². The molecule has 1 aromatic carbocycles. The first-order chi connectivity index (χ1) is 11.1. The summed E-state index contributed by atoms with van der Waals surface area (Å²) >= 11 is 0. The van der Waals surface area contributed by atoms with Crippen LogP contribution in [0.1, 0.15) is 18.4 Å². The lowest BCUT2D eigenvalue weighted by Crippen LogP contribution is -2.36. The number of amides is 2. The van der Waals surface area contributed by atoms with Gasteiger partial charge in [0, 0.05) is 12.8 Å². The number of carbonyl (C=O) groups excluding carboxylic acids is 2. The monoisotopic (exact) mass is 317 g/mol. The van der Waals surface area contributed by atoms with Crippen LogP contribution in [0.15, 0.2) is 29.4 Å². The lowest BCUT2D eigenvalue weighted by atomic mass is 10.1. The first-order valence-electron chi connectivity index (χ1n) is 6.79. The number of anilines is 1. The number of halogens is 1. The maximum absolute atomic E-state index is 12.9. The van der Waals surface area contributed by atoms with Crippen LogP contribution < -0.4 is 5.32 Å². The van der Waals surface area contributed by atoms with Crippen molar-refractivity contribution in [1.82, 2.24) is 25.6 Å². The molecule has 2 aromatic rings. The standard InChI is InChI=1S/C13H12FN7O2/c14-9-3-1-8(2-4-9)7-21-11(22)6-5-10(18-21)12(23)15-13-16-19-20-17-13/h1-4H,5-7H2,(H2,15,16,17,19,20,23). The summed E-state index contributed by atoms with van der Waals surface area (Å²) in [5, 5.41) is 20.4. The average Bonchev–Trinajstić information content (AvgIpc) is 3.04. The summed E-state index contributed by atoms with van der Waals surface area (Å²) in [4.78, 5) is 24.0. The van der Waals surface area contributed by atoms with E-state index in [1.807, 2.05) is 0 Å². The molecule has 1 aliphatic rings. The number of hydrogen-bond donors (Lipinski definition) is 2. The number of rotatable bonds is 4. The minimum Gasteiger partial charge on any atom is -0.287 e. The van der Waals surface area contributed by atoms with E-state index in [1.54, 1.807) is 12.1 Å². The van der Waals surface area contributed by atoms with Gasteiger partial charge in [-0.15, -0.1) is 5.10 Å². The van der Waals surface area contributed by atoms with Gasteiger partial charge in [-0.2, -0.15) is 10.3 Å². The molecule has 0 aliphatic carbocycles. The molecule has 0 saturated heterocycles. The average molecular weight is 317 g/mol. The number of tetrazole rings is 1. The molecule has 0 saturated carbocycles. The summed E-state index contributed by atoms with van der Waals surface area (Å²) in [6.45, 7) is 0.165. The molecule has 0 fully saturated rings. The third kappa shape index (κ3) is 3.54. The van der Waals surface area contributed by atoms with Crippen molar-refractivity contribution >= 4 is 23.5 Å². The van der Waals surface area contributed by atoms with Crippen molar-refractivity contribution < 1.29 is 14.0 Å². The Hall–Kier alpha value is -3.17. The molecule has 23 heavy (non-hydrogen) atoms. The SMILES string of the molecule is O=C(Nc1nn[nH]n1)C1=NN(Cc2ccc(F)cc2)C(=O)CC1. The van der Waals surface area contributed by atoms with Crippen molar-refractivity contribution in [3.05, 3.63) is 35.6 Å². The normalized spacial score (nSPS) is 14.6.